The van der Waals surface area contributed by atoms with Gasteiger partial charge in [0.15, 0.2) is 0 Å². The van der Waals surface area contributed by atoms with E-state index in [2.05, 4.69) is 29.8 Å². The molecule has 2 aromatic rings. The highest BCUT2D eigenvalue weighted by Crippen LogP contribution is 2.47. The standard InChI is InChI=1S/C18H23ClN2O/c1-5-15(19)14-10-21(4)16-9-17(22)12-7-6-11(20(2)3)8-13(12)18(14)16/h6-9,14-15,22H,5,10H2,1-4H3/t14-,15+/m0/s1. The lowest BCUT2D eigenvalue weighted by atomic mass is 9.90. The summed E-state index contributed by atoms with van der Waals surface area (Å²) in [6, 6.07) is 8.09. The third-order valence-corrected chi connectivity index (χ3v) is 5.33. The van der Waals surface area contributed by atoms with Gasteiger partial charge in [0.1, 0.15) is 5.75 Å². The highest BCUT2D eigenvalue weighted by Gasteiger charge is 2.33. The van der Waals surface area contributed by atoms with Crippen molar-refractivity contribution in [3.63, 3.8) is 0 Å². The Morgan fingerprint density at radius 1 is 1.32 bits per heavy atom. The molecule has 0 fully saturated rings. The zero-order valence-electron chi connectivity index (χ0n) is 13.6. The van der Waals surface area contributed by atoms with Crippen molar-refractivity contribution in [2.45, 2.75) is 24.6 Å². The van der Waals surface area contributed by atoms with E-state index in [-0.39, 0.29) is 5.38 Å². The van der Waals surface area contributed by atoms with Crippen molar-refractivity contribution in [1.29, 1.82) is 0 Å². The van der Waals surface area contributed by atoms with Crippen molar-refractivity contribution in [1.82, 2.24) is 0 Å². The van der Waals surface area contributed by atoms with E-state index in [0.29, 0.717) is 11.7 Å². The fourth-order valence-electron chi connectivity index (χ4n) is 3.45. The highest BCUT2D eigenvalue weighted by atomic mass is 35.5. The van der Waals surface area contributed by atoms with E-state index in [1.54, 1.807) is 0 Å². The number of aromatic hydroxyl groups is 1. The summed E-state index contributed by atoms with van der Waals surface area (Å²) in [4.78, 5) is 4.29. The monoisotopic (exact) mass is 318 g/mol. The fourth-order valence-corrected chi connectivity index (χ4v) is 3.66. The quantitative estimate of drug-likeness (QED) is 0.861. The van der Waals surface area contributed by atoms with Gasteiger partial charge in [0.2, 0.25) is 0 Å². The molecular formula is C18H23ClN2O. The normalized spacial score (nSPS) is 18.6. The lowest BCUT2D eigenvalue weighted by molar-refractivity contribution is 0.481. The number of rotatable bonds is 3. The van der Waals surface area contributed by atoms with Crippen molar-refractivity contribution in [2.24, 2.45) is 0 Å². The van der Waals surface area contributed by atoms with Crippen LogP contribution in [0.5, 0.6) is 5.75 Å². The van der Waals surface area contributed by atoms with E-state index in [0.717, 1.165) is 35.1 Å². The number of benzene rings is 2. The molecule has 1 aliphatic heterocycles. The molecule has 0 saturated carbocycles. The molecule has 118 valence electrons. The summed E-state index contributed by atoms with van der Waals surface area (Å²) in [6.07, 6.45) is 0.940. The molecule has 0 aliphatic carbocycles. The van der Waals surface area contributed by atoms with Gasteiger partial charge in [0, 0.05) is 61.8 Å². The number of hydrogen-bond donors (Lipinski definition) is 1. The molecule has 1 N–H and O–H groups in total. The Bertz CT molecular complexity index is 714. The molecule has 3 nitrogen and oxygen atoms in total. The number of phenols is 1. The number of hydrogen-bond acceptors (Lipinski definition) is 3. The molecule has 0 saturated heterocycles. The SMILES string of the molecule is CC[C@@H](Cl)[C@@H]1CN(C)c2cc(O)c3ccc(N(C)C)cc3c21. The molecule has 2 aromatic carbocycles. The number of phenolic OH excluding ortho intramolecular Hbond substituents is 1. The van der Waals surface area contributed by atoms with Gasteiger partial charge >= 0.3 is 0 Å². The van der Waals surface area contributed by atoms with Crippen LogP contribution in [0.25, 0.3) is 10.8 Å². The Labute approximate surface area is 137 Å². The lowest BCUT2D eigenvalue weighted by Crippen LogP contribution is -2.20. The van der Waals surface area contributed by atoms with Gasteiger partial charge in [-0.25, -0.2) is 0 Å². The second-order valence-corrected chi connectivity index (χ2v) is 6.92. The average Bonchev–Trinajstić information content (AvgIpc) is 2.83. The van der Waals surface area contributed by atoms with Crippen molar-refractivity contribution in [3.05, 3.63) is 29.8 Å². The van der Waals surface area contributed by atoms with Gasteiger partial charge in [-0.05, 0) is 35.6 Å². The number of nitrogens with zero attached hydrogens (tertiary/aromatic N) is 2. The maximum atomic E-state index is 10.4. The van der Waals surface area contributed by atoms with E-state index in [4.69, 9.17) is 11.6 Å². The van der Waals surface area contributed by atoms with Gasteiger partial charge in [-0.3, -0.25) is 0 Å². The molecule has 0 amide bonds. The fraction of sp³-hybridized carbons (Fsp3) is 0.444. The largest absolute Gasteiger partial charge is 0.507 e. The van der Waals surface area contributed by atoms with Crippen LogP contribution >= 0.6 is 11.6 Å². The maximum absolute atomic E-state index is 10.4. The minimum Gasteiger partial charge on any atom is -0.507 e. The van der Waals surface area contributed by atoms with Crippen molar-refractivity contribution in [3.8, 4) is 5.75 Å². The molecule has 0 unspecified atom stereocenters. The van der Waals surface area contributed by atoms with E-state index in [1.807, 2.05) is 32.3 Å². The number of likely N-dealkylation sites (N-methyl/N-ethyl adjacent to an activating group) is 1. The van der Waals surface area contributed by atoms with E-state index < -0.39 is 0 Å². The molecule has 2 atom stereocenters. The third-order valence-electron chi connectivity index (χ3n) is 4.71. The highest BCUT2D eigenvalue weighted by molar-refractivity contribution is 6.21. The lowest BCUT2D eigenvalue weighted by Gasteiger charge is -2.19. The van der Waals surface area contributed by atoms with Crippen LogP contribution in [0.15, 0.2) is 24.3 Å². The number of halogens is 1. The predicted molar refractivity (Wildman–Crippen MR) is 95.9 cm³/mol. The number of anilines is 2. The number of fused-ring (bicyclic) bond motifs is 3. The van der Waals surface area contributed by atoms with Crippen molar-refractivity contribution in [2.75, 3.05) is 37.5 Å². The summed E-state index contributed by atoms with van der Waals surface area (Å²) in [5.41, 5.74) is 3.52. The predicted octanol–water partition coefficient (Wildman–Crippen LogP) is 4.16. The first-order valence-electron chi connectivity index (χ1n) is 7.76. The summed E-state index contributed by atoms with van der Waals surface area (Å²) in [6.45, 7) is 3.03. The van der Waals surface area contributed by atoms with Crippen LogP contribution in [0, 0.1) is 0 Å². The minimum atomic E-state index is 0.111. The molecule has 0 radical (unpaired) electrons. The third kappa shape index (κ3) is 2.28. The first-order chi connectivity index (χ1) is 10.4. The summed E-state index contributed by atoms with van der Waals surface area (Å²) >= 11 is 6.61. The first kappa shape index (κ1) is 15.3. The molecule has 1 aliphatic rings. The summed E-state index contributed by atoms with van der Waals surface area (Å²) in [5, 5.41) is 12.5. The Hall–Kier alpha value is -1.61. The van der Waals surface area contributed by atoms with E-state index in [9.17, 15) is 5.11 Å². The topological polar surface area (TPSA) is 26.7 Å². The van der Waals surface area contributed by atoms with E-state index >= 15 is 0 Å². The summed E-state index contributed by atoms with van der Waals surface area (Å²) in [7, 11) is 6.13. The van der Waals surface area contributed by atoms with Crippen LogP contribution in [0.3, 0.4) is 0 Å². The van der Waals surface area contributed by atoms with E-state index in [1.165, 1.54) is 5.56 Å². The van der Waals surface area contributed by atoms with Crippen LogP contribution < -0.4 is 9.80 Å². The van der Waals surface area contributed by atoms with Crippen molar-refractivity contribution < 1.29 is 5.11 Å². The molecule has 0 bridgehead atoms. The Morgan fingerprint density at radius 3 is 2.68 bits per heavy atom. The molecular weight excluding hydrogens is 296 g/mol. The van der Waals surface area contributed by atoms with Crippen LogP contribution in [0.4, 0.5) is 11.4 Å². The Kier molecular flexibility index (Phi) is 3.85. The molecule has 0 spiro atoms. The second-order valence-electron chi connectivity index (χ2n) is 6.36. The summed E-state index contributed by atoms with van der Waals surface area (Å²) in [5.74, 6) is 0.640. The smallest absolute Gasteiger partial charge is 0.125 e. The maximum Gasteiger partial charge on any atom is 0.125 e. The van der Waals surface area contributed by atoms with Crippen molar-refractivity contribution >= 4 is 33.7 Å². The summed E-state index contributed by atoms with van der Waals surface area (Å²) < 4.78 is 0. The number of alkyl halides is 1. The van der Waals surface area contributed by atoms with Gasteiger partial charge in [-0.2, -0.15) is 0 Å². The first-order valence-corrected chi connectivity index (χ1v) is 8.19. The molecule has 3 rings (SSSR count). The van der Waals surface area contributed by atoms with Gasteiger partial charge in [-0.15, -0.1) is 11.6 Å². The minimum absolute atomic E-state index is 0.111. The molecule has 1 heterocycles. The molecule has 4 heteroatoms. The zero-order chi connectivity index (χ0) is 16.0. The molecule has 0 aromatic heterocycles. The second kappa shape index (κ2) is 5.54. The Morgan fingerprint density at radius 2 is 2.05 bits per heavy atom. The Balaban J connectivity index is 2.30. The van der Waals surface area contributed by atoms with Gasteiger partial charge in [0.05, 0.1) is 0 Å². The van der Waals surface area contributed by atoms with Crippen LogP contribution in [0.2, 0.25) is 0 Å². The molecule has 22 heavy (non-hydrogen) atoms. The van der Waals surface area contributed by atoms with Gasteiger partial charge in [0.25, 0.3) is 0 Å². The van der Waals surface area contributed by atoms with Crippen LogP contribution in [-0.2, 0) is 0 Å². The van der Waals surface area contributed by atoms with Crippen LogP contribution in [-0.4, -0.2) is 38.2 Å². The van der Waals surface area contributed by atoms with Gasteiger partial charge < -0.3 is 14.9 Å². The average molecular weight is 319 g/mol. The van der Waals surface area contributed by atoms with Gasteiger partial charge in [-0.1, -0.05) is 6.92 Å². The zero-order valence-corrected chi connectivity index (χ0v) is 14.4. The van der Waals surface area contributed by atoms with Crippen LogP contribution in [0.1, 0.15) is 24.8 Å².